The van der Waals surface area contributed by atoms with E-state index < -0.39 is 35.7 Å². The van der Waals surface area contributed by atoms with Crippen LogP contribution in [0.25, 0.3) is 10.9 Å². The molecule has 4 rings (SSSR count). The van der Waals surface area contributed by atoms with Crippen molar-refractivity contribution in [2.24, 2.45) is 5.92 Å². The maximum atomic E-state index is 12.8. The van der Waals surface area contributed by atoms with E-state index in [0.717, 1.165) is 18.4 Å². The Bertz CT molecular complexity index is 949. The molecular weight excluding hydrogens is 402 g/mol. The first-order valence-corrected chi connectivity index (χ1v) is 10.9. The number of hydrogen-bond acceptors (Lipinski definition) is 7. The number of aliphatic hydroxyl groups is 4. The van der Waals surface area contributed by atoms with E-state index in [2.05, 4.69) is 18.8 Å². The molecule has 2 aliphatic rings. The number of aryl methyl sites for hydroxylation is 1. The molecule has 1 aromatic heterocycles. The van der Waals surface area contributed by atoms with Crippen molar-refractivity contribution in [1.82, 2.24) is 4.98 Å². The molecule has 0 unspecified atom stereocenters. The molecule has 4 atom stereocenters. The van der Waals surface area contributed by atoms with Crippen molar-refractivity contribution in [3.63, 3.8) is 0 Å². The molecule has 31 heavy (non-hydrogen) atoms. The van der Waals surface area contributed by atoms with E-state index in [1.807, 2.05) is 18.2 Å². The number of fused-ring (bicyclic) bond motifs is 1. The normalized spacial score (nSPS) is 30.4. The lowest BCUT2D eigenvalue weighted by atomic mass is 9.86. The molecule has 8 nitrogen and oxygen atoms in total. The number of esters is 1. The van der Waals surface area contributed by atoms with Gasteiger partial charge < -0.3 is 34.9 Å². The van der Waals surface area contributed by atoms with Crippen LogP contribution in [-0.2, 0) is 16.0 Å². The topological polar surface area (TPSA) is 131 Å². The summed E-state index contributed by atoms with van der Waals surface area (Å²) < 4.78 is 10.8. The second-order valence-corrected chi connectivity index (χ2v) is 9.24. The minimum atomic E-state index is -2.44. The first-order valence-electron chi connectivity index (χ1n) is 10.9. The number of rotatable bonds is 6. The van der Waals surface area contributed by atoms with Crippen LogP contribution in [0.5, 0.6) is 5.75 Å². The van der Waals surface area contributed by atoms with Crippen molar-refractivity contribution < 1.29 is 34.7 Å². The molecule has 2 heterocycles. The number of carbonyl (C=O) groups excluding carboxylic acids is 1. The number of hydrogen-bond donors (Lipinski definition) is 4. The summed E-state index contributed by atoms with van der Waals surface area (Å²) in [6, 6.07) is 5.78. The Labute approximate surface area is 180 Å². The van der Waals surface area contributed by atoms with Gasteiger partial charge in [0.05, 0.1) is 0 Å². The Morgan fingerprint density at radius 1 is 1.26 bits per heavy atom. The van der Waals surface area contributed by atoms with Crippen molar-refractivity contribution in [3.05, 3.63) is 30.0 Å². The number of benzene rings is 1. The monoisotopic (exact) mass is 432 g/mol. The van der Waals surface area contributed by atoms with Crippen LogP contribution in [0.4, 0.5) is 0 Å². The fraction of sp³-hybridized carbons (Fsp3) is 0.609. The maximum Gasteiger partial charge on any atom is 0.343 e. The standard InChI is InChI=1S/C23H30NO7/c1-13(2)5-6-14-7-8-16-15(11-14)17(12-24-16)30-21(27)19-18(25)20(26)23(29,31-19)22(28)9-3-4-10-22/h7-8,11-13,18-20,25-26,28-29H,3-6,9-10H2,1-2H3/q-1/t18-,19+,20+,23+/m0/s1. The third kappa shape index (κ3) is 3.87. The molecule has 1 saturated carbocycles. The Balaban J connectivity index is 1.53. The predicted octanol–water partition coefficient (Wildman–Crippen LogP) is 1.41. The van der Waals surface area contributed by atoms with Gasteiger partial charge in [0.1, 0.15) is 23.6 Å². The Kier molecular flexibility index (Phi) is 5.87. The van der Waals surface area contributed by atoms with Gasteiger partial charge in [-0.05, 0) is 43.2 Å². The molecule has 1 aromatic carbocycles. The number of ether oxygens (including phenoxy) is 2. The van der Waals surface area contributed by atoms with Gasteiger partial charge in [-0.15, -0.1) is 11.7 Å². The van der Waals surface area contributed by atoms with Crippen LogP contribution >= 0.6 is 0 Å². The number of nitrogens with zero attached hydrogens (tertiary/aromatic N) is 1. The SMILES string of the molecule is CC(C)CCc1ccc2[n-]cc(OC(=O)[C@@H]3O[C@@](O)(C4(O)CCCC4)[C@H](O)[C@H]3O)c2c1. The van der Waals surface area contributed by atoms with Gasteiger partial charge in [-0.3, -0.25) is 0 Å². The number of carbonyl (C=O) groups is 1. The largest absolute Gasteiger partial charge is 0.661 e. The fourth-order valence-corrected chi connectivity index (χ4v) is 4.57. The maximum absolute atomic E-state index is 12.8. The zero-order chi connectivity index (χ0) is 22.4. The fourth-order valence-electron chi connectivity index (χ4n) is 4.57. The first-order chi connectivity index (χ1) is 14.6. The third-order valence-electron chi connectivity index (χ3n) is 6.54. The van der Waals surface area contributed by atoms with Crippen LogP contribution in [0.1, 0.15) is 51.5 Å². The van der Waals surface area contributed by atoms with Gasteiger partial charge in [0, 0.05) is 5.39 Å². The minimum Gasteiger partial charge on any atom is -0.661 e. The van der Waals surface area contributed by atoms with Crippen molar-refractivity contribution >= 4 is 16.9 Å². The summed E-state index contributed by atoms with van der Waals surface area (Å²) in [4.78, 5) is 17.0. The second-order valence-electron chi connectivity index (χ2n) is 9.24. The Morgan fingerprint density at radius 2 is 1.97 bits per heavy atom. The first kappa shape index (κ1) is 22.2. The van der Waals surface area contributed by atoms with Gasteiger partial charge in [0.15, 0.2) is 6.10 Å². The predicted molar refractivity (Wildman–Crippen MR) is 111 cm³/mol. The van der Waals surface area contributed by atoms with Crippen LogP contribution in [0, 0.1) is 5.92 Å². The van der Waals surface area contributed by atoms with Crippen LogP contribution < -0.4 is 9.72 Å². The summed E-state index contributed by atoms with van der Waals surface area (Å²) in [6.45, 7) is 4.31. The van der Waals surface area contributed by atoms with Crippen molar-refractivity contribution in [3.8, 4) is 5.75 Å². The van der Waals surface area contributed by atoms with Gasteiger partial charge >= 0.3 is 5.97 Å². The highest BCUT2D eigenvalue weighted by Gasteiger charge is 2.66. The van der Waals surface area contributed by atoms with E-state index in [0.29, 0.717) is 29.7 Å². The average Bonchev–Trinajstić information content (AvgIpc) is 3.41. The van der Waals surface area contributed by atoms with E-state index in [1.165, 1.54) is 6.20 Å². The summed E-state index contributed by atoms with van der Waals surface area (Å²) in [5.41, 5.74) is 0.0279. The lowest BCUT2D eigenvalue weighted by Crippen LogP contribution is -2.60. The molecule has 1 saturated heterocycles. The Morgan fingerprint density at radius 3 is 2.65 bits per heavy atom. The molecule has 170 valence electrons. The van der Waals surface area contributed by atoms with Crippen LogP contribution in [0.3, 0.4) is 0 Å². The highest BCUT2D eigenvalue weighted by Crippen LogP contribution is 2.46. The van der Waals surface area contributed by atoms with E-state index >= 15 is 0 Å². The highest BCUT2D eigenvalue weighted by molar-refractivity contribution is 5.90. The van der Waals surface area contributed by atoms with Crippen LogP contribution in [-0.4, -0.2) is 56.1 Å². The zero-order valence-corrected chi connectivity index (χ0v) is 17.8. The minimum absolute atomic E-state index is 0.200. The van der Waals surface area contributed by atoms with Gasteiger partial charge in [-0.1, -0.05) is 38.8 Å². The lowest BCUT2D eigenvalue weighted by Gasteiger charge is -2.39. The highest BCUT2D eigenvalue weighted by atomic mass is 16.7. The molecular formula is C23H30NO7-. The molecule has 1 aliphatic heterocycles. The van der Waals surface area contributed by atoms with Gasteiger partial charge in [-0.25, -0.2) is 4.79 Å². The van der Waals surface area contributed by atoms with Crippen LogP contribution in [0.2, 0.25) is 0 Å². The average molecular weight is 432 g/mol. The lowest BCUT2D eigenvalue weighted by molar-refractivity contribution is -0.313. The van der Waals surface area contributed by atoms with Crippen molar-refractivity contribution in [2.75, 3.05) is 0 Å². The number of aromatic nitrogens is 1. The van der Waals surface area contributed by atoms with Gasteiger partial charge in [-0.2, -0.15) is 0 Å². The molecule has 4 N–H and O–H groups in total. The van der Waals surface area contributed by atoms with Gasteiger partial charge in [0.25, 0.3) is 0 Å². The second kappa shape index (κ2) is 8.18. The molecule has 8 heteroatoms. The summed E-state index contributed by atoms with van der Waals surface area (Å²) in [6.07, 6.45) is -0.207. The molecule has 2 aromatic rings. The van der Waals surface area contributed by atoms with Gasteiger partial charge in [0.2, 0.25) is 5.79 Å². The summed E-state index contributed by atoms with van der Waals surface area (Å²) in [5, 5.41) is 43.0. The molecule has 1 aliphatic carbocycles. The summed E-state index contributed by atoms with van der Waals surface area (Å²) >= 11 is 0. The zero-order valence-electron chi connectivity index (χ0n) is 17.8. The van der Waals surface area contributed by atoms with Crippen molar-refractivity contribution in [2.45, 2.75) is 82.1 Å². The molecule has 2 fully saturated rings. The van der Waals surface area contributed by atoms with E-state index in [9.17, 15) is 25.2 Å². The summed E-state index contributed by atoms with van der Waals surface area (Å²) in [5.74, 6) is -2.63. The third-order valence-corrected chi connectivity index (χ3v) is 6.54. The number of aliphatic hydroxyl groups excluding tert-OH is 2. The molecule has 0 amide bonds. The quantitative estimate of drug-likeness (QED) is 0.504. The molecule has 0 bridgehead atoms. The smallest absolute Gasteiger partial charge is 0.343 e. The van der Waals surface area contributed by atoms with E-state index in [4.69, 9.17) is 9.47 Å². The van der Waals surface area contributed by atoms with E-state index in [-0.39, 0.29) is 18.6 Å². The van der Waals surface area contributed by atoms with E-state index in [1.54, 1.807) is 0 Å². The molecule has 0 radical (unpaired) electrons. The Hall–Kier alpha value is -1.97. The van der Waals surface area contributed by atoms with Crippen LogP contribution in [0.15, 0.2) is 24.4 Å². The molecule has 0 spiro atoms. The summed E-state index contributed by atoms with van der Waals surface area (Å²) in [7, 11) is 0. The van der Waals surface area contributed by atoms with Crippen molar-refractivity contribution in [1.29, 1.82) is 0 Å².